The van der Waals surface area contributed by atoms with Crippen LogP contribution in [0.15, 0.2) is 29.6 Å². The van der Waals surface area contributed by atoms with E-state index in [9.17, 15) is 22.8 Å². The number of rotatable bonds is 6. The zero-order valence-electron chi connectivity index (χ0n) is 15.2. The number of carbonyl (C=O) groups excluding carboxylic acids is 2. The molecule has 0 aliphatic carbocycles. The van der Waals surface area contributed by atoms with E-state index in [1.54, 1.807) is 5.38 Å². The molecule has 0 N–H and O–H groups in total. The number of hydrogen-bond acceptors (Lipinski definition) is 4. The normalized spacial score (nSPS) is 11.3. The van der Waals surface area contributed by atoms with Crippen LogP contribution in [0, 0.1) is 6.92 Å². The summed E-state index contributed by atoms with van der Waals surface area (Å²) in [5.41, 5.74) is 2.32. The minimum absolute atomic E-state index is 0.293. The van der Waals surface area contributed by atoms with Crippen molar-refractivity contribution in [3.8, 4) is 10.6 Å². The average molecular weight is 399 g/mol. The van der Waals surface area contributed by atoms with Gasteiger partial charge in [-0.05, 0) is 13.0 Å². The van der Waals surface area contributed by atoms with Crippen LogP contribution in [-0.4, -0.2) is 60.0 Å². The van der Waals surface area contributed by atoms with Crippen LogP contribution in [0.4, 0.5) is 13.2 Å². The van der Waals surface area contributed by atoms with Gasteiger partial charge in [-0.15, -0.1) is 11.3 Å². The number of aromatic nitrogens is 1. The number of thiazole rings is 1. The molecule has 0 atom stereocenters. The molecule has 2 aromatic rings. The Labute approximate surface area is 159 Å². The van der Waals surface area contributed by atoms with Gasteiger partial charge in [-0.25, -0.2) is 4.98 Å². The van der Waals surface area contributed by atoms with Crippen molar-refractivity contribution in [1.29, 1.82) is 0 Å². The predicted molar refractivity (Wildman–Crippen MR) is 97.3 cm³/mol. The zero-order chi connectivity index (χ0) is 20.2. The SMILES string of the molecule is Cc1cccc(-c2nc(CC(=O)N(CC(=O)N(C)C)CC(F)(F)F)cs2)c1. The summed E-state index contributed by atoms with van der Waals surface area (Å²) in [6, 6.07) is 7.65. The first kappa shape index (κ1) is 20.9. The number of nitrogens with zero attached hydrogens (tertiary/aromatic N) is 3. The van der Waals surface area contributed by atoms with Crippen molar-refractivity contribution < 1.29 is 22.8 Å². The van der Waals surface area contributed by atoms with Gasteiger partial charge in [0.1, 0.15) is 18.1 Å². The first-order valence-electron chi connectivity index (χ1n) is 8.11. The van der Waals surface area contributed by atoms with Gasteiger partial charge < -0.3 is 9.80 Å². The van der Waals surface area contributed by atoms with Crippen LogP contribution < -0.4 is 0 Å². The number of alkyl halides is 3. The highest BCUT2D eigenvalue weighted by molar-refractivity contribution is 7.13. The molecule has 0 saturated carbocycles. The van der Waals surface area contributed by atoms with Gasteiger partial charge in [0, 0.05) is 25.0 Å². The van der Waals surface area contributed by atoms with Crippen molar-refractivity contribution >= 4 is 23.2 Å². The van der Waals surface area contributed by atoms with E-state index in [0.717, 1.165) is 16.0 Å². The smallest absolute Gasteiger partial charge is 0.347 e. The molecule has 0 saturated heterocycles. The Kier molecular flexibility index (Phi) is 6.59. The van der Waals surface area contributed by atoms with Gasteiger partial charge in [0.25, 0.3) is 0 Å². The number of amides is 2. The zero-order valence-corrected chi connectivity index (χ0v) is 16.0. The maximum atomic E-state index is 12.8. The number of aryl methyl sites for hydroxylation is 1. The first-order chi connectivity index (χ1) is 12.5. The van der Waals surface area contributed by atoms with Crippen LogP contribution in [0.1, 0.15) is 11.3 Å². The van der Waals surface area contributed by atoms with Gasteiger partial charge in [-0.1, -0.05) is 23.8 Å². The van der Waals surface area contributed by atoms with E-state index < -0.39 is 31.1 Å². The standard InChI is InChI=1S/C18H20F3N3O2S/c1-12-5-4-6-13(7-12)17-22-14(10-27-17)8-15(25)24(11-18(19,20)21)9-16(26)23(2)3/h4-7,10H,8-9,11H2,1-3H3. The van der Waals surface area contributed by atoms with Crippen molar-refractivity contribution in [2.24, 2.45) is 0 Å². The second-order valence-electron chi connectivity index (χ2n) is 6.34. The third-order valence-corrected chi connectivity index (χ3v) is 4.64. The van der Waals surface area contributed by atoms with Crippen molar-refractivity contribution in [3.63, 3.8) is 0 Å². The fourth-order valence-electron chi connectivity index (χ4n) is 2.32. The Hall–Kier alpha value is -2.42. The highest BCUT2D eigenvalue weighted by atomic mass is 32.1. The summed E-state index contributed by atoms with van der Waals surface area (Å²) in [4.78, 5) is 30.2. The maximum absolute atomic E-state index is 12.8. The molecule has 146 valence electrons. The Morgan fingerprint density at radius 2 is 1.89 bits per heavy atom. The van der Waals surface area contributed by atoms with Crippen molar-refractivity contribution in [3.05, 3.63) is 40.9 Å². The Morgan fingerprint density at radius 3 is 2.48 bits per heavy atom. The van der Waals surface area contributed by atoms with Gasteiger partial charge >= 0.3 is 6.18 Å². The molecule has 9 heteroatoms. The van der Waals surface area contributed by atoms with Crippen LogP contribution >= 0.6 is 11.3 Å². The average Bonchev–Trinajstić information content (AvgIpc) is 3.01. The fourth-order valence-corrected chi connectivity index (χ4v) is 3.14. The van der Waals surface area contributed by atoms with E-state index in [1.807, 2.05) is 31.2 Å². The second kappa shape index (κ2) is 8.51. The van der Waals surface area contributed by atoms with E-state index in [-0.39, 0.29) is 6.42 Å². The number of benzene rings is 1. The van der Waals surface area contributed by atoms with Gasteiger partial charge in [-0.3, -0.25) is 9.59 Å². The summed E-state index contributed by atoms with van der Waals surface area (Å²) >= 11 is 1.32. The summed E-state index contributed by atoms with van der Waals surface area (Å²) in [6.07, 6.45) is -4.88. The molecule has 5 nitrogen and oxygen atoms in total. The lowest BCUT2D eigenvalue weighted by Gasteiger charge is -2.24. The molecule has 0 radical (unpaired) electrons. The molecule has 2 amide bonds. The monoisotopic (exact) mass is 399 g/mol. The molecule has 0 aliphatic rings. The first-order valence-corrected chi connectivity index (χ1v) is 8.99. The topological polar surface area (TPSA) is 53.5 Å². The van der Waals surface area contributed by atoms with E-state index in [4.69, 9.17) is 0 Å². The van der Waals surface area contributed by atoms with Crippen LogP contribution in [0.3, 0.4) is 0 Å². The molecule has 0 aliphatic heterocycles. The number of hydrogen-bond donors (Lipinski definition) is 0. The Balaban J connectivity index is 2.13. The number of carbonyl (C=O) groups is 2. The second-order valence-corrected chi connectivity index (χ2v) is 7.20. The number of likely N-dealkylation sites (N-methyl/N-ethyl adjacent to an activating group) is 1. The van der Waals surface area contributed by atoms with Gasteiger partial charge in [-0.2, -0.15) is 13.2 Å². The summed E-state index contributed by atoms with van der Waals surface area (Å²) in [6.45, 7) is -0.154. The molecular formula is C18H20F3N3O2S. The molecule has 0 unspecified atom stereocenters. The largest absolute Gasteiger partial charge is 0.406 e. The third kappa shape index (κ3) is 6.35. The minimum Gasteiger partial charge on any atom is -0.347 e. The molecule has 2 rings (SSSR count). The van der Waals surface area contributed by atoms with Crippen molar-refractivity contribution in [2.75, 3.05) is 27.2 Å². The lowest BCUT2D eigenvalue weighted by Crippen LogP contribution is -2.45. The quantitative estimate of drug-likeness (QED) is 0.750. The lowest BCUT2D eigenvalue weighted by atomic mass is 10.1. The van der Waals surface area contributed by atoms with Crippen LogP contribution in [0.5, 0.6) is 0 Å². The minimum atomic E-state index is -4.59. The Morgan fingerprint density at radius 1 is 1.19 bits per heavy atom. The molecule has 0 bridgehead atoms. The molecule has 1 heterocycles. The van der Waals surface area contributed by atoms with Gasteiger partial charge in [0.2, 0.25) is 11.8 Å². The van der Waals surface area contributed by atoms with Crippen LogP contribution in [0.25, 0.3) is 10.6 Å². The molecule has 27 heavy (non-hydrogen) atoms. The van der Waals surface area contributed by atoms with E-state index in [1.165, 1.54) is 25.4 Å². The summed E-state index contributed by atoms with van der Waals surface area (Å²) in [5, 5.41) is 2.34. The fraction of sp³-hybridized carbons (Fsp3) is 0.389. The third-order valence-electron chi connectivity index (χ3n) is 3.70. The summed E-state index contributed by atoms with van der Waals surface area (Å²) in [5.74, 6) is -1.37. The van der Waals surface area contributed by atoms with Crippen molar-refractivity contribution in [1.82, 2.24) is 14.8 Å². The summed E-state index contributed by atoms with van der Waals surface area (Å²) in [7, 11) is 2.85. The van der Waals surface area contributed by atoms with Crippen LogP contribution in [-0.2, 0) is 16.0 Å². The highest BCUT2D eigenvalue weighted by Crippen LogP contribution is 2.25. The molecule has 1 aromatic heterocycles. The molecule has 0 fully saturated rings. The lowest BCUT2D eigenvalue weighted by molar-refractivity contribution is -0.163. The number of halogens is 3. The molecule has 1 aromatic carbocycles. The van der Waals surface area contributed by atoms with Crippen LogP contribution in [0.2, 0.25) is 0 Å². The van der Waals surface area contributed by atoms with Gasteiger partial charge in [0.15, 0.2) is 0 Å². The van der Waals surface area contributed by atoms with E-state index in [2.05, 4.69) is 4.98 Å². The van der Waals surface area contributed by atoms with E-state index >= 15 is 0 Å². The van der Waals surface area contributed by atoms with Gasteiger partial charge in [0.05, 0.1) is 12.1 Å². The van der Waals surface area contributed by atoms with E-state index in [0.29, 0.717) is 15.6 Å². The predicted octanol–water partition coefficient (Wildman–Crippen LogP) is 3.14. The Bertz CT molecular complexity index is 818. The molecular weight excluding hydrogens is 379 g/mol. The van der Waals surface area contributed by atoms with Crippen molar-refractivity contribution in [2.45, 2.75) is 19.5 Å². The highest BCUT2D eigenvalue weighted by Gasteiger charge is 2.34. The maximum Gasteiger partial charge on any atom is 0.406 e. The summed E-state index contributed by atoms with van der Waals surface area (Å²) < 4.78 is 38.4. The molecule has 0 spiro atoms.